The van der Waals surface area contributed by atoms with E-state index in [-0.39, 0.29) is 17.3 Å². The molecule has 6 aromatic carbocycles. The van der Waals surface area contributed by atoms with Gasteiger partial charge in [-0.3, -0.25) is 0 Å². The van der Waals surface area contributed by atoms with Gasteiger partial charge in [0.2, 0.25) is 5.79 Å². The van der Waals surface area contributed by atoms with E-state index < -0.39 is 11.8 Å². The summed E-state index contributed by atoms with van der Waals surface area (Å²) < 4.78 is 16.2. The van der Waals surface area contributed by atoms with Gasteiger partial charge in [-0.25, -0.2) is 9.59 Å². The van der Waals surface area contributed by atoms with Crippen LogP contribution in [0.15, 0.2) is 133 Å². The SMILES string of the molecule is CCCCCCN(Cc1ccc(C#Cc2ccc(CCCC)cc2)cc1)c1ccc(O)c(C(=O)OC)c1.CCCCCCN(Cc1ccc(C#Cc2ccc(CCCC)cc2)cc1)c1ccc2c(c1)C(=O)OC(C)(C)O2. The summed E-state index contributed by atoms with van der Waals surface area (Å²) in [6.45, 7) is 15.6. The van der Waals surface area contributed by atoms with Gasteiger partial charge in [0.15, 0.2) is 0 Å². The number of ether oxygens (including phenoxy) is 3. The number of nitrogens with zero attached hydrogens (tertiary/aromatic N) is 2. The lowest BCUT2D eigenvalue weighted by Gasteiger charge is -2.33. The highest BCUT2D eigenvalue weighted by Gasteiger charge is 2.34. The van der Waals surface area contributed by atoms with Crippen molar-refractivity contribution < 1.29 is 28.9 Å². The lowest BCUT2D eigenvalue weighted by Crippen LogP contribution is -2.39. The number of aromatic hydroxyl groups is 1. The van der Waals surface area contributed by atoms with Crippen LogP contribution >= 0.6 is 0 Å². The maximum atomic E-state index is 12.7. The van der Waals surface area contributed by atoms with E-state index in [1.165, 1.54) is 81.6 Å². The van der Waals surface area contributed by atoms with E-state index in [0.29, 0.717) is 17.9 Å². The van der Waals surface area contributed by atoms with Crippen LogP contribution in [0.25, 0.3) is 0 Å². The fourth-order valence-corrected chi connectivity index (χ4v) is 8.97. The number of cyclic esters (lactones) is 1. The number of benzene rings is 6. The highest BCUT2D eigenvalue weighted by molar-refractivity contribution is 5.95. The average Bonchev–Trinajstić information content (AvgIpc) is 3.43. The standard InChI is InChI=1S/C35H41NO3.C33H39NO3/c1-5-7-9-10-24-36(31-22-23-33-32(25-31)34(37)39-35(3,4)38-33)26-30-20-18-29(19-21-30)17-16-28-14-12-27(13-15-28)11-8-6-2;1-4-6-8-9-23-34(30-21-22-32(35)31(24-30)33(36)37-3)25-29-19-17-28(18-20-29)16-15-27-13-11-26(12-14-27)10-7-5-2/h12-15,18-23,25H,5-11,24,26H2,1-4H3;11-14,17-22,24,35H,4-10,23,25H2,1-3H3. The van der Waals surface area contributed by atoms with Crippen LogP contribution in [-0.2, 0) is 35.4 Å². The Balaban J connectivity index is 0.000000247. The number of aryl methyl sites for hydroxylation is 2. The Bertz CT molecular complexity index is 2880. The highest BCUT2D eigenvalue weighted by atomic mass is 16.7. The number of hydrogen-bond acceptors (Lipinski definition) is 8. The number of carbonyl (C=O) groups excluding carboxylic acids is 2. The summed E-state index contributed by atoms with van der Waals surface area (Å²) in [6.07, 6.45) is 16.4. The molecular formula is C68H80N2O6. The Morgan fingerprint density at radius 1 is 0.513 bits per heavy atom. The van der Waals surface area contributed by atoms with E-state index in [1.54, 1.807) is 26.0 Å². The van der Waals surface area contributed by atoms with Crippen molar-refractivity contribution in [2.45, 2.75) is 150 Å². The van der Waals surface area contributed by atoms with Gasteiger partial charge >= 0.3 is 11.9 Å². The molecule has 0 atom stereocenters. The van der Waals surface area contributed by atoms with Crippen molar-refractivity contribution in [3.63, 3.8) is 0 Å². The third-order valence-corrected chi connectivity index (χ3v) is 13.5. The largest absolute Gasteiger partial charge is 0.507 e. The first kappa shape index (κ1) is 57.9. The predicted octanol–water partition coefficient (Wildman–Crippen LogP) is 15.8. The fraction of sp³-hybridized carbons (Fsp3) is 0.382. The summed E-state index contributed by atoms with van der Waals surface area (Å²) in [5.41, 5.74) is 11.7. The number of methoxy groups -OCH3 is 1. The molecule has 0 spiro atoms. The second-order valence-corrected chi connectivity index (χ2v) is 20.2. The van der Waals surface area contributed by atoms with E-state index in [9.17, 15) is 14.7 Å². The third kappa shape index (κ3) is 18.4. The van der Waals surface area contributed by atoms with Gasteiger partial charge in [-0.2, -0.15) is 0 Å². The minimum atomic E-state index is -0.950. The van der Waals surface area contributed by atoms with Crippen LogP contribution in [0.3, 0.4) is 0 Å². The predicted molar refractivity (Wildman–Crippen MR) is 311 cm³/mol. The van der Waals surface area contributed by atoms with Crippen molar-refractivity contribution >= 4 is 23.3 Å². The molecule has 0 aliphatic carbocycles. The molecule has 0 bridgehead atoms. The number of rotatable bonds is 23. The number of unbranched alkanes of at least 4 members (excludes halogenated alkanes) is 8. The van der Waals surface area contributed by atoms with Gasteiger partial charge in [-0.05, 0) is 146 Å². The molecule has 8 nitrogen and oxygen atoms in total. The van der Waals surface area contributed by atoms with Crippen LogP contribution in [0, 0.1) is 23.7 Å². The molecule has 1 heterocycles. The van der Waals surface area contributed by atoms with Crippen molar-refractivity contribution in [2.75, 3.05) is 30.0 Å². The molecule has 1 aliphatic rings. The number of phenolic OH excluding ortho intramolecular Hbond substituents is 1. The zero-order valence-corrected chi connectivity index (χ0v) is 46.3. The molecule has 0 unspecified atom stereocenters. The Morgan fingerprint density at radius 2 is 0.921 bits per heavy atom. The molecular weight excluding hydrogens is 941 g/mol. The second kappa shape index (κ2) is 30.2. The smallest absolute Gasteiger partial charge is 0.345 e. The van der Waals surface area contributed by atoms with Gasteiger partial charge in [0.25, 0.3) is 0 Å². The average molecular weight is 1020 g/mol. The van der Waals surface area contributed by atoms with E-state index in [4.69, 9.17) is 14.2 Å². The molecule has 7 rings (SSSR count). The summed E-state index contributed by atoms with van der Waals surface area (Å²) in [6, 6.07) is 44.9. The molecule has 6 aromatic rings. The molecule has 1 aliphatic heterocycles. The number of carbonyl (C=O) groups is 2. The number of fused-ring (bicyclic) bond motifs is 1. The van der Waals surface area contributed by atoms with Crippen LogP contribution in [-0.4, -0.2) is 43.0 Å². The number of hydrogen-bond donors (Lipinski definition) is 1. The zero-order chi connectivity index (χ0) is 54.1. The van der Waals surface area contributed by atoms with E-state index in [1.807, 2.05) is 24.3 Å². The molecule has 0 saturated carbocycles. The fourth-order valence-electron chi connectivity index (χ4n) is 8.97. The van der Waals surface area contributed by atoms with E-state index in [0.717, 1.165) is 90.9 Å². The van der Waals surface area contributed by atoms with Crippen LogP contribution in [0.4, 0.5) is 11.4 Å². The quantitative estimate of drug-likeness (QED) is 0.0386. The van der Waals surface area contributed by atoms with Crippen molar-refractivity contribution in [1.82, 2.24) is 0 Å². The summed E-state index contributed by atoms with van der Waals surface area (Å²) in [5.74, 6) is 11.8. The van der Waals surface area contributed by atoms with Gasteiger partial charge < -0.3 is 29.1 Å². The Morgan fingerprint density at radius 3 is 1.34 bits per heavy atom. The first-order valence-corrected chi connectivity index (χ1v) is 27.8. The molecule has 8 heteroatoms. The minimum Gasteiger partial charge on any atom is -0.507 e. The van der Waals surface area contributed by atoms with Gasteiger partial charge in [-0.1, -0.05) is 151 Å². The Labute approximate surface area is 454 Å². The van der Waals surface area contributed by atoms with Gasteiger partial charge in [0.05, 0.1) is 7.11 Å². The third-order valence-electron chi connectivity index (χ3n) is 13.5. The summed E-state index contributed by atoms with van der Waals surface area (Å²) in [4.78, 5) is 29.4. The lowest BCUT2D eigenvalue weighted by molar-refractivity contribution is -0.127. The second-order valence-electron chi connectivity index (χ2n) is 20.2. The monoisotopic (exact) mass is 1020 g/mol. The number of esters is 2. The van der Waals surface area contributed by atoms with Crippen LogP contribution in [0.2, 0.25) is 0 Å². The normalized spacial score (nSPS) is 12.0. The molecule has 1 N–H and O–H groups in total. The number of anilines is 2. The Kier molecular flexibility index (Phi) is 23.0. The van der Waals surface area contributed by atoms with Crippen LogP contribution in [0.5, 0.6) is 11.5 Å². The number of phenols is 1. The summed E-state index contributed by atoms with van der Waals surface area (Å²) in [7, 11) is 1.32. The zero-order valence-electron chi connectivity index (χ0n) is 46.3. The van der Waals surface area contributed by atoms with Crippen LogP contribution in [0.1, 0.15) is 184 Å². The maximum absolute atomic E-state index is 12.7. The molecule has 0 amide bonds. The summed E-state index contributed by atoms with van der Waals surface area (Å²) in [5, 5.41) is 10.1. The topological polar surface area (TPSA) is 88.5 Å². The molecule has 0 aromatic heterocycles. The molecule has 76 heavy (non-hydrogen) atoms. The van der Waals surface area contributed by atoms with Crippen molar-refractivity contribution in [2.24, 2.45) is 0 Å². The van der Waals surface area contributed by atoms with Gasteiger partial charge in [0, 0.05) is 73.7 Å². The van der Waals surface area contributed by atoms with Gasteiger partial charge in [-0.15, -0.1) is 0 Å². The maximum Gasteiger partial charge on any atom is 0.345 e. The van der Waals surface area contributed by atoms with Crippen molar-refractivity contribution in [1.29, 1.82) is 0 Å². The first-order chi connectivity index (χ1) is 36.9. The van der Waals surface area contributed by atoms with Gasteiger partial charge in [0.1, 0.15) is 22.6 Å². The van der Waals surface area contributed by atoms with Crippen molar-refractivity contribution in [3.05, 3.63) is 189 Å². The lowest BCUT2D eigenvalue weighted by atomic mass is 10.1. The van der Waals surface area contributed by atoms with E-state index >= 15 is 0 Å². The highest BCUT2D eigenvalue weighted by Crippen LogP contribution is 2.35. The Hall–Kier alpha value is -7.42. The van der Waals surface area contributed by atoms with E-state index in [2.05, 4.69) is 158 Å². The minimum absolute atomic E-state index is 0.0694. The molecule has 398 valence electrons. The molecule has 0 radical (unpaired) electrons. The molecule has 0 saturated heterocycles. The first-order valence-electron chi connectivity index (χ1n) is 27.8. The molecule has 0 fully saturated rings. The summed E-state index contributed by atoms with van der Waals surface area (Å²) >= 11 is 0. The van der Waals surface area contributed by atoms with Crippen LogP contribution < -0.4 is 14.5 Å². The van der Waals surface area contributed by atoms with Crippen molar-refractivity contribution in [3.8, 4) is 35.2 Å².